The van der Waals surface area contributed by atoms with E-state index in [9.17, 15) is 39.5 Å². The Balaban J connectivity index is 3.38. The molecule has 1 aromatic rings. The number of hydrogen-bond acceptors (Lipinski definition) is 0. The average Bonchev–Trinajstić information content (AvgIpc) is 2.75. The maximum Gasteiger partial charge on any atom is 0.469 e. The van der Waals surface area contributed by atoms with E-state index in [-0.39, 0.29) is 6.92 Å². The van der Waals surface area contributed by atoms with Crippen LogP contribution in [-0.2, 0) is 13.1 Å². The molecule has 0 radical (unpaired) electrons. The summed E-state index contributed by atoms with van der Waals surface area (Å²) in [6.07, 6.45) is -2.37. The van der Waals surface area contributed by atoms with Gasteiger partial charge in [-0.15, -0.1) is 0 Å². The van der Waals surface area contributed by atoms with Crippen molar-refractivity contribution in [3.05, 3.63) is 18.7 Å². The largest absolute Gasteiger partial charge is 0.469 e. The number of hydrogen-bond donors (Lipinski definition) is 0. The van der Waals surface area contributed by atoms with Crippen LogP contribution in [0.4, 0.5) is 39.5 Å². The monoisotopic (exact) mass is 329 g/mol. The molecule has 0 saturated heterocycles. The van der Waals surface area contributed by atoms with Gasteiger partial charge in [-0.2, -0.15) is 39.7 Å². The first kappa shape index (κ1) is 17.6. The minimum atomic E-state index is -6.61. The van der Waals surface area contributed by atoms with Crippen LogP contribution in [0.25, 0.3) is 0 Å². The third-order valence-electron chi connectivity index (χ3n) is 2.78. The van der Waals surface area contributed by atoms with Crippen molar-refractivity contribution in [3.63, 3.8) is 0 Å². The van der Waals surface area contributed by atoms with Crippen LogP contribution in [0.2, 0.25) is 0 Å². The Bertz CT molecular complexity index is 506. The Morgan fingerprint density at radius 3 is 1.76 bits per heavy atom. The van der Waals surface area contributed by atoms with Gasteiger partial charge in [-0.1, -0.05) is 0 Å². The molecule has 0 aliphatic carbocycles. The summed E-state index contributed by atoms with van der Waals surface area (Å²) >= 11 is 0. The smallest absolute Gasteiger partial charge is 0.241 e. The minimum absolute atomic E-state index is 0.127. The molecule has 0 aliphatic heterocycles. The third kappa shape index (κ3) is 2.35. The van der Waals surface area contributed by atoms with Gasteiger partial charge in [-0.05, 0) is 6.92 Å². The lowest BCUT2D eigenvalue weighted by Gasteiger charge is -2.35. The van der Waals surface area contributed by atoms with Gasteiger partial charge >= 0.3 is 23.8 Å². The molecule has 1 atom stereocenters. The Kier molecular flexibility index (Phi) is 4.03. The summed E-state index contributed by atoms with van der Waals surface area (Å²) < 4.78 is 119. The predicted molar refractivity (Wildman–Crippen MR) is 51.2 cm³/mol. The van der Waals surface area contributed by atoms with Gasteiger partial charge in [0.1, 0.15) is 12.4 Å². The van der Waals surface area contributed by atoms with E-state index in [2.05, 4.69) is 0 Å². The van der Waals surface area contributed by atoms with Gasteiger partial charge in [0.25, 0.3) is 0 Å². The van der Waals surface area contributed by atoms with Crippen molar-refractivity contribution in [2.24, 2.45) is 7.05 Å². The van der Waals surface area contributed by atoms with Gasteiger partial charge < -0.3 is 0 Å². The summed E-state index contributed by atoms with van der Waals surface area (Å²) in [6.45, 7) is -0.127. The summed E-state index contributed by atoms with van der Waals surface area (Å²) in [6, 6.07) is -5.70. The molecule has 11 heteroatoms. The molecule has 0 saturated carbocycles. The zero-order valence-electron chi connectivity index (χ0n) is 10.6. The topological polar surface area (TPSA) is 8.81 Å². The first-order valence-corrected chi connectivity index (χ1v) is 5.38. The lowest BCUT2D eigenvalue weighted by molar-refractivity contribution is -0.672. The Hall–Kier alpha value is -1.42. The molecule has 0 spiro atoms. The van der Waals surface area contributed by atoms with Crippen molar-refractivity contribution >= 4 is 0 Å². The molecule has 0 aromatic carbocycles. The molecule has 1 heterocycles. The van der Waals surface area contributed by atoms with Gasteiger partial charge in [0, 0.05) is 0 Å². The van der Waals surface area contributed by atoms with Crippen molar-refractivity contribution in [2.45, 2.75) is 36.9 Å². The van der Waals surface area contributed by atoms with Crippen LogP contribution in [-0.4, -0.2) is 28.5 Å². The summed E-state index contributed by atoms with van der Waals surface area (Å²) in [7, 11) is 1.11. The van der Waals surface area contributed by atoms with Crippen LogP contribution in [0.1, 0.15) is 6.92 Å². The number of halogens is 9. The molecule has 0 aliphatic rings. The molecular weight excluding hydrogens is 319 g/mol. The fraction of sp³-hybridized carbons (Fsp3) is 0.700. The molecule has 0 fully saturated rings. The van der Waals surface area contributed by atoms with E-state index in [1.54, 1.807) is 0 Å². The highest BCUT2D eigenvalue weighted by atomic mass is 19.4. The Morgan fingerprint density at radius 2 is 1.43 bits per heavy atom. The molecule has 21 heavy (non-hydrogen) atoms. The molecular formula is C10H10F9N2+. The quantitative estimate of drug-likeness (QED) is 0.580. The number of alkyl halides is 9. The van der Waals surface area contributed by atoms with E-state index < -0.39 is 34.6 Å². The maximum atomic E-state index is 13.5. The predicted octanol–water partition coefficient (Wildman–Crippen LogP) is 3.13. The van der Waals surface area contributed by atoms with E-state index in [4.69, 9.17) is 0 Å². The van der Waals surface area contributed by atoms with Crippen LogP contribution in [0.3, 0.4) is 0 Å². The second kappa shape index (κ2) is 4.80. The van der Waals surface area contributed by atoms with Gasteiger partial charge in [0.2, 0.25) is 6.33 Å². The van der Waals surface area contributed by atoms with E-state index in [0.29, 0.717) is 12.5 Å². The zero-order chi connectivity index (χ0) is 16.9. The van der Waals surface area contributed by atoms with Crippen molar-refractivity contribution in [2.75, 3.05) is 0 Å². The van der Waals surface area contributed by atoms with E-state index >= 15 is 0 Å². The summed E-state index contributed by atoms with van der Waals surface area (Å²) in [4.78, 5) is 0. The Labute approximate surface area is 112 Å². The standard InChI is InChI=1S/C10H10F9N2/c1-6(11)7(12,13)8(14,15)9(16,17)10(18,19)21-4-3-20(2)5-21/h3-6H,1-2H3/q+1. The number of rotatable bonds is 5. The zero-order valence-corrected chi connectivity index (χ0v) is 10.6. The van der Waals surface area contributed by atoms with Gasteiger partial charge in [0.05, 0.1) is 7.05 Å². The highest BCUT2D eigenvalue weighted by Crippen LogP contribution is 2.55. The van der Waals surface area contributed by atoms with Crippen LogP contribution >= 0.6 is 0 Å². The molecule has 122 valence electrons. The molecule has 1 unspecified atom stereocenters. The summed E-state index contributed by atoms with van der Waals surface area (Å²) in [5, 5.41) is 0. The highest BCUT2D eigenvalue weighted by Gasteiger charge is 2.84. The molecule has 0 bridgehead atoms. The van der Waals surface area contributed by atoms with Crippen LogP contribution < -0.4 is 4.57 Å². The molecule has 2 nitrogen and oxygen atoms in total. The summed E-state index contributed by atoms with van der Waals surface area (Å²) in [5.41, 5.74) is 0. The number of nitrogens with zero attached hydrogens (tertiary/aromatic N) is 2. The molecule has 1 aromatic heterocycles. The van der Waals surface area contributed by atoms with E-state index in [1.807, 2.05) is 0 Å². The van der Waals surface area contributed by atoms with Gasteiger partial charge in [-0.3, -0.25) is 0 Å². The number of imidazole rings is 1. The first-order chi connectivity index (χ1) is 9.19. The minimum Gasteiger partial charge on any atom is -0.241 e. The van der Waals surface area contributed by atoms with Crippen molar-refractivity contribution < 1.29 is 44.1 Å². The van der Waals surface area contributed by atoms with Crippen molar-refractivity contribution in [3.8, 4) is 0 Å². The summed E-state index contributed by atoms with van der Waals surface area (Å²) in [5.74, 6) is -19.1. The number of aryl methyl sites for hydroxylation is 1. The number of aromatic nitrogens is 2. The van der Waals surface area contributed by atoms with Crippen LogP contribution in [0.15, 0.2) is 18.7 Å². The molecule has 1 rings (SSSR count). The molecule has 0 N–H and O–H groups in total. The Morgan fingerprint density at radius 1 is 0.952 bits per heavy atom. The molecule has 0 amide bonds. The van der Waals surface area contributed by atoms with Crippen LogP contribution in [0.5, 0.6) is 0 Å². The maximum absolute atomic E-state index is 13.5. The fourth-order valence-electron chi connectivity index (χ4n) is 1.43. The fourth-order valence-corrected chi connectivity index (χ4v) is 1.43. The lowest BCUT2D eigenvalue weighted by Crippen LogP contribution is -2.64. The second-order valence-corrected chi connectivity index (χ2v) is 4.42. The van der Waals surface area contributed by atoms with Crippen molar-refractivity contribution in [1.29, 1.82) is 0 Å². The van der Waals surface area contributed by atoms with Crippen LogP contribution in [0, 0.1) is 0 Å². The van der Waals surface area contributed by atoms with Crippen molar-refractivity contribution in [1.82, 2.24) is 4.57 Å². The third-order valence-corrected chi connectivity index (χ3v) is 2.78. The van der Waals surface area contributed by atoms with Gasteiger partial charge in [-0.25, -0.2) is 8.96 Å². The second-order valence-electron chi connectivity index (χ2n) is 4.42. The highest BCUT2D eigenvalue weighted by molar-refractivity contribution is 5.04. The average molecular weight is 329 g/mol. The normalized spacial score (nSPS) is 16.1. The lowest BCUT2D eigenvalue weighted by atomic mass is 9.99. The van der Waals surface area contributed by atoms with Gasteiger partial charge in [0.15, 0.2) is 6.17 Å². The first-order valence-electron chi connectivity index (χ1n) is 5.38. The van der Waals surface area contributed by atoms with E-state index in [0.717, 1.165) is 17.8 Å². The van der Waals surface area contributed by atoms with E-state index in [1.165, 1.54) is 0 Å². The SMILES string of the molecule is CC(F)C(F)(F)C(F)(F)C(F)(F)C(F)(F)n1cc[n+](C)c1.